The minimum Gasteiger partial charge on any atom is -0.300 e. The molecule has 0 fully saturated rings. The van der Waals surface area contributed by atoms with E-state index in [1.54, 1.807) is 0 Å². The molecule has 3 heteroatoms. The molecular weight excluding hydrogens is 106 g/mol. The molecule has 0 aromatic carbocycles. The third kappa shape index (κ3) is 33100. The average Bonchev–Trinajstić information content (AvgIpc) is 1.65. The SMILES string of the molecule is CC(C)=O.CN=C=O. The van der Waals surface area contributed by atoms with Gasteiger partial charge in [-0.05, 0) is 13.8 Å². The minimum atomic E-state index is 0.167. The molecule has 0 spiro atoms. The van der Waals surface area contributed by atoms with Crippen molar-refractivity contribution in [2.45, 2.75) is 13.8 Å². The van der Waals surface area contributed by atoms with Crippen LogP contribution in [0.1, 0.15) is 13.8 Å². The second kappa shape index (κ2) is 9.41. The Kier molecular flexibility index (Phi) is 11.9. The van der Waals surface area contributed by atoms with Gasteiger partial charge in [-0.1, -0.05) is 0 Å². The van der Waals surface area contributed by atoms with Crippen LogP contribution in [0.3, 0.4) is 0 Å². The summed E-state index contributed by atoms with van der Waals surface area (Å²) in [6.45, 7) is 3.06. The van der Waals surface area contributed by atoms with Crippen LogP contribution >= 0.6 is 0 Å². The number of hydrogen-bond acceptors (Lipinski definition) is 3. The van der Waals surface area contributed by atoms with E-state index in [0.717, 1.165) is 0 Å². The van der Waals surface area contributed by atoms with Crippen molar-refractivity contribution in [2.24, 2.45) is 4.99 Å². The summed E-state index contributed by atoms with van der Waals surface area (Å²) in [5, 5.41) is 0. The number of aliphatic imine (C=N–C) groups is 1. The van der Waals surface area contributed by atoms with Crippen molar-refractivity contribution in [3.05, 3.63) is 0 Å². The van der Waals surface area contributed by atoms with Gasteiger partial charge in [-0.2, -0.15) is 0 Å². The maximum atomic E-state index is 9.44. The number of isocyanates is 1. The number of Topliss-reactive ketones (excluding diaryl/α,β-unsaturated/α-hetero) is 1. The van der Waals surface area contributed by atoms with Gasteiger partial charge in [-0.3, -0.25) is 0 Å². The van der Waals surface area contributed by atoms with Crippen LogP contribution in [0, 0.1) is 0 Å². The van der Waals surface area contributed by atoms with E-state index in [2.05, 4.69) is 4.99 Å². The molecule has 0 bridgehead atoms. The van der Waals surface area contributed by atoms with Crippen LogP contribution < -0.4 is 0 Å². The lowest BCUT2D eigenvalue weighted by molar-refractivity contribution is -0.114. The largest absolute Gasteiger partial charge is 0.300 e. The molecule has 46 valence electrons. The van der Waals surface area contributed by atoms with Gasteiger partial charge in [0.2, 0.25) is 6.08 Å². The van der Waals surface area contributed by atoms with Crippen LogP contribution in [-0.4, -0.2) is 18.9 Å². The Morgan fingerprint density at radius 2 is 1.62 bits per heavy atom. The summed E-state index contributed by atoms with van der Waals surface area (Å²) >= 11 is 0. The molecule has 0 aliphatic heterocycles. The van der Waals surface area contributed by atoms with Crippen LogP contribution in [0.4, 0.5) is 0 Å². The predicted octanol–water partition coefficient (Wildman–Crippen LogP) is 0.547. The smallest absolute Gasteiger partial charge is 0.234 e. The molecule has 0 atom stereocenters. The van der Waals surface area contributed by atoms with E-state index in [-0.39, 0.29) is 5.78 Å². The number of hydrogen-bond donors (Lipinski definition) is 0. The van der Waals surface area contributed by atoms with Gasteiger partial charge in [0.1, 0.15) is 5.78 Å². The summed E-state index contributed by atoms with van der Waals surface area (Å²) in [4.78, 5) is 21.3. The molecule has 0 heterocycles. The highest BCUT2D eigenvalue weighted by atomic mass is 16.1. The van der Waals surface area contributed by atoms with E-state index in [0.29, 0.717) is 0 Å². The van der Waals surface area contributed by atoms with Gasteiger partial charge in [0.05, 0.1) is 0 Å². The summed E-state index contributed by atoms with van der Waals surface area (Å²) < 4.78 is 0. The van der Waals surface area contributed by atoms with Gasteiger partial charge in [-0.15, -0.1) is 0 Å². The zero-order valence-corrected chi connectivity index (χ0v) is 5.26. The normalized spacial score (nSPS) is 5.38. The molecule has 0 aromatic heterocycles. The van der Waals surface area contributed by atoms with Crippen molar-refractivity contribution in [2.75, 3.05) is 7.05 Å². The van der Waals surface area contributed by atoms with Crippen LogP contribution in [0.5, 0.6) is 0 Å². The molecule has 3 nitrogen and oxygen atoms in total. The van der Waals surface area contributed by atoms with Crippen molar-refractivity contribution < 1.29 is 9.59 Å². The number of ketones is 1. The van der Waals surface area contributed by atoms with E-state index in [1.807, 2.05) is 0 Å². The maximum Gasteiger partial charge on any atom is 0.234 e. The summed E-state index contributed by atoms with van der Waals surface area (Å²) in [6, 6.07) is 0. The Morgan fingerprint density at radius 1 is 1.50 bits per heavy atom. The van der Waals surface area contributed by atoms with Crippen molar-refractivity contribution in [1.29, 1.82) is 0 Å². The van der Waals surface area contributed by atoms with Gasteiger partial charge in [0, 0.05) is 7.05 Å². The highest BCUT2D eigenvalue weighted by Crippen LogP contribution is 1.50. The highest BCUT2D eigenvalue weighted by Gasteiger charge is 1.62. The van der Waals surface area contributed by atoms with Crippen LogP contribution in [0.25, 0.3) is 0 Å². The Morgan fingerprint density at radius 3 is 1.62 bits per heavy atom. The van der Waals surface area contributed by atoms with Crippen LogP contribution in [0.15, 0.2) is 4.99 Å². The topological polar surface area (TPSA) is 46.5 Å². The van der Waals surface area contributed by atoms with Gasteiger partial charge >= 0.3 is 0 Å². The van der Waals surface area contributed by atoms with Gasteiger partial charge in [0.15, 0.2) is 0 Å². The quantitative estimate of drug-likeness (QED) is 0.342. The monoisotopic (exact) mass is 115 g/mol. The molecule has 0 rings (SSSR count). The summed E-state index contributed by atoms with van der Waals surface area (Å²) in [5.41, 5.74) is 0. The second-order valence-corrected chi connectivity index (χ2v) is 1.22. The first-order chi connectivity index (χ1) is 3.65. The van der Waals surface area contributed by atoms with Crippen molar-refractivity contribution in [3.8, 4) is 0 Å². The number of carbonyl (C=O) groups is 1. The number of nitrogens with zero attached hydrogens (tertiary/aromatic N) is 1. The van der Waals surface area contributed by atoms with Crippen LogP contribution in [-0.2, 0) is 9.59 Å². The summed E-state index contributed by atoms with van der Waals surface area (Å²) in [6.07, 6.45) is 1.31. The van der Waals surface area contributed by atoms with Crippen molar-refractivity contribution in [3.63, 3.8) is 0 Å². The molecule has 0 aromatic rings. The molecule has 0 radical (unpaired) electrons. The van der Waals surface area contributed by atoms with E-state index < -0.39 is 0 Å². The fraction of sp³-hybridized carbons (Fsp3) is 0.600. The molecule has 0 aliphatic carbocycles. The lowest BCUT2D eigenvalue weighted by Crippen LogP contribution is -1.69. The number of rotatable bonds is 0. The standard InChI is InChI=1S/C3H6O.C2H3NO/c1-3(2)4;1-3-2-4/h1-2H3;1H3. The molecule has 0 amide bonds. The Balaban J connectivity index is 0. The first kappa shape index (κ1) is 10.1. The maximum absolute atomic E-state index is 9.44. The number of carbonyl (C=O) groups excluding carboxylic acids is 2. The third-order valence-electron chi connectivity index (χ3n) is 0.0913. The highest BCUT2D eigenvalue weighted by molar-refractivity contribution is 5.72. The summed E-state index contributed by atoms with van der Waals surface area (Å²) in [7, 11) is 1.38. The van der Waals surface area contributed by atoms with E-state index in [1.165, 1.54) is 27.0 Å². The zero-order valence-electron chi connectivity index (χ0n) is 5.26. The Hall–Kier alpha value is -0.950. The molecule has 0 unspecified atom stereocenters. The fourth-order valence-corrected chi connectivity index (χ4v) is 0. The van der Waals surface area contributed by atoms with Gasteiger partial charge in [0.25, 0.3) is 0 Å². The first-order valence-electron chi connectivity index (χ1n) is 2.08. The zero-order chi connectivity index (χ0) is 6.99. The second-order valence-electron chi connectivity index (χ2n) is 1.22. The predicted molar refractivity (Wildman–Crippen MR) is 30.4 cm³/mol. The lowest BCUT2D eigenvalue weighted by Gasteiger charge is -1.56. The molecule has 0 saturated heterocycles. The van der Waals surface area contributed by atoms with Gasteiger partial charge < -0.3 is 4.79 Å². The fourth-order valence-electron chi connectivity index (χ4n) is 0. The third-order valence-corrected chi connectivity index (χ3v) is 0.0913. The van der Waals surface area contributed by atoms with Crippen LogP contribution in [0.2, 0.25) is 0 Å². The average molecular weight is 115 g/mol. The molecule has 0 saturated carbocycles. The lowest BCUT2D eigenvalue weighted by atomic mass is 10.6. The first-order valence-corrected chi connectivity index (χ1v) is 2.08. The molecule has 8 heavy (non-hydrogen) atoms. The van der Waals surface area contributed by atoms with Crippen molar-refractivity contribution >= 4 is 11.9 Å². The Labute approximate surface area is 48.4 Å². The van der Waals surface area contributed by atoms with E-state index >= 15 is 0 Å². The van der Waals surface area contributed by atoms with Gasteiger partial charge in [-0.25, -0.2) is 9.79 Å². The summed E-state index contributed by atoms with van der Waals surface area (Å²) in [5.74, 6) is 0.167. The van der Waals surface area contributed by atoms with E-state index in [9.17, 15) is 4.79 Å². The Bertz CT molecular complexity index is 99.0. The van der Waals surface area contributed by atoms with Crippen molar-refractivity contribution in [1.82, 2.24) is 0 Å². The minimum absolute atomic E-state index is 0.167. The van der Waals surface area contributed by atoms with E-state index in [4.69, 9.17) is 4.79 Å². The molecular formula is C5H9NO2. The molecule has 0 aliphatic rings. The molecule has 0 N–H and O–H groups in total.